The molecule has 0 aromatic heterocycles. The summed E-state index contributed by atoms with van der Waals surface area (Å²) < 4.78 is 5.89. The summed E-state index contributed by atoms with van der Waals surface area (Å²) in [6.07, 6.45) is 5.38. The highest BCUT2D eigenvalue weighted by molar-refractivity contribution is 6.07. The van der Waals surface area contributed by atoms with Gasteiger partial charge in [-0.2, -0.15) is 0 Å². The topological polar surface area (TPSA) is 66.8 Å². The number of allylic oxidation sites excluding steroid dienone is 1. The minimum absolute atomic E-state index is 0.113. The van der Waals surface area contributed by atoms with Crippen LogP contribution in [0.3, 0.4) is 0 Å². The second kappa shape index (κ2) is 9.09. The van der Waals surface area contributed by atoms with Gasteiger partial charge in [0.1, 0.15) is 17.2 Å². The minimum atomic E-state index is -0.203. The van der Waals surface area contributed by atoms with Crippen LogP contribution in [0.1, 0.15) is 54.2 Å². The molecule has 138 valence electrons. The standard InChI is InChI=1S/C22H26O4/c1-4-13-26-22-16(6-3)14-15(5-2)21(25)19(22)11-12-20(24)17-7-9-18(23)10-8-17/h7-12,14,23,25H,4-6,13H2,1-3H3/b12-11+. The summed E-state index contributed by atoms with van der Waals surface area (Å²) in [6, 6.07) is 8.05. The summed E-state index contributed by atoms with van der Waals surface area (Å²) >= 11 is 0. The van der Waals surface area contributed by atoms with E-state index in [-0.39, 0.29) is 17.3 Å². The number of ketones is 1. The molecular weight excluding hydrogens is 328 g/mol. The summed E-state index contributed by atoms with van der Waals surface area (Å²) in [6.45, 7) is 6.59. The summed E-state index contributed by atoms with van der Waals surface area (Å²) in [5, 5.41) is 20.0. The zero-order valence-corrected chi connectivity index (χ0v) is 15.6. The van der Waals surface area contributed by atoms with Gasteiger partial charge in [-0.25, -0.2) is 0 Å². The normalized spacial score (nSPS) is 11.0. The van der Waals surface area contributed by atoms with Crippen LogP contribution in [0.5, 0.6) is 17.2 Å². The molecule has 0 unspecified atom stereocenters. The number of phenols is 2. The van der Waals surface area contributed by atoms with Gasteiger partial charge in [-0.15, -0.1) is 0 Å². The molecule has 0 aliphatic heterocycles. The molecule has 4 heteroatoms. The number of phenolic OH excluding ortho intramolecular Hbond substituents is 2. The van der Waals surface area contributed by atoms with Crippen molar-refractivity contribution >= 4 is 11.9 Å². The Bertz CT molecular complexity index is 789. The number of benzene rings is 2. The first-order chi connectivity index (χ1) is 12.5. The molecule has 2 N–H and O–H groups in total. The lowest BCUT2D eigenvalue weighted by atomic mass is 9.98. The Kier molecular flexibility index (Phi) is 6.84. The van der Waals surface area contributed by atoms with E-state index in [0.29, 0.717) is 29.9 Å². The van der Waals surface area contributed by atoms with Crippen molar-refractivity contribution in [2.75, 3.05) is 6.61 Å². The largest absolute Gasteiger partial charge is 0.508 e. The molecule has 0 aliphatic rings. The third kappa shape index (κ3) is 4.45. The highest BCUT2D eigenvalue weighted by Crippen LogP contribution is 2.37. The van der Waals surface area contributed by atoms with Gasteiger partial charge in [0, 0.05) is 5.56 Å². The fourth-order valence-electron chi connectivity index (χ4n) is 2.74. The molecule has 26 heavy (non-hydrogen) atoms. The fourth-order valence-corrected chi connectivity index (χ4v) is 2.74. The van der Waals surface area contributed by atoms with Crippen LogP contribution in [0.4, 0.5) is 0 Å². The minimum Gasteiger partial charge on any atom is -0.508 e. The summed E-state index contributed by atoms with van der Waals surface area (Å²) in [4.78, 5) is 12.4. The van der Waals surface area contributed by atoms with Crippen LogP contribution < -0.4 is 4.74 Å². The van der Waals surface area contributed by atoms with E-state index in [4.69, 9.17) is 4.74 Å². The number of rotatable bonds is 8. The lowest BCUT2D eigenvalue weighted by Crippen LogP contribution is -2.03. The Labute approximate surface area is 154 Å². The number of hydrogen-bond donors (Lipinski definition) is 2. The summed E-state index contributed by atoms with van der Waals surface area (Å²) in [7, 11) is 0. The van der Waals surface area contributed by atoms with Crippen LogP contribution in [0.15, 0.2) is 36.4 Å². The van der Waals surface area contributed by atoms with Crippen molar-refractivity contribution < 1.29 is 19.7 Å². The van der Waals surface area contributed by atoms with Crippen molar-refractivity contribution in [3.63, 3.8) is 0 Å². The molecule has 0 fully saturated rings. The van der Waals surface area contributed by atoms with Crippen molar-refractivity contribution in [1.29, 1.82) is 0 Å². The van der Waals surface area contributed by atoms with Gasteiger partial charge in [0.05, 0.1) is 12.2 Å². The zero-order valence-electron chi connectivity index (χ0n) is 15.6. The zero-order chi connectivity index (χ0) is 19.1. The quantitative estimate of drug-likeness (QED) is 0.522. The average molecular weight is 354 g/mol. The molecule has 4 nitrogen and oxygen atoms in total. The van der Waals surface area contributed by atoms with Gasteiger partial charge in [0.2, 0.25) is 0 Å². The monoisotopic (exact) mass is 354 g/mol. The van der Waals surface area contributed by atoms with Crippen molar-refractivity contribution in [3.05, 3.63) is 58.7 Å². The van der Waals surface area contributed by atoms with Crippen LogP contribution in [0.2, 0.25) is 0 Å². The molecule has 0 saturated heterocycles. The summed E-state index contributed by atoms with van der Waals surface area (Å²) in [5.41, 5.74) is 2.87. The molecule has 0 amide bonds. The van der Waals surface area contributed by atoms with Gasteiger partial charge in [0.15, 0.2) is 5.78 Å². The predicted molar refractivity (Wildman–Crippen MR) is 104 cm³/mol. The molecule has 2 rings (SSSR count). The third-order valence-electron chi connectivity index (χ3n) is 4.21. The van der Waals surface area contributed by atoms with Crippen LogP contribution in [0.25, 0.3) is 6.08 Å². The maximum absolute atomic E-state index is 12.4. The lowest BCUT2D eigenvalue weighted by Gasteiger charge is -2.17. The molecule has 0 atom stereocenters. The molecule has 2 aromatic carbocycles. The van der Waals surface area contributed by atoms with Gasteiger partial charge < -0.3 is 14.9 Å². The number of carbonyl (C=O) groups is 1. The molecule has 2 aromatic rings. The molecule has 0 bridgehead atoms. The number of hydrogen-bond acceptors (Lipinski definition) is 4. The average Bonchev–Trinajstić information content (AvgIpc) is 2.65. The van der Waals surface area contributed by atoms with E-state index in [0.717, 1.165) is 24.0 Å². The van der Waals surface area contributed by atoms with E-state index >= 15 is 0 Å². The Balaban J connectivity index is 2.44. The second-order valence-corrected chi connectivity index (χ2v) is 6.09. The van der Waals surface area contributed by atoms with Gasteiger partial charge in [0.25, 0.3) is 0 Å². The number of carbonyl (C=O) groups excluding carboxylic acids is 1. The van der Waals surface area contributed by atoms with Gasteiger partial charge in [-0.1, -0.05) is 20.8 Å². The summed E-state index contributed by atoms with van der Waals surface area (Å²) in [5.74, 6) is 0.705. The first-order valence-electron chi connectivity index (χ1n) is 9.03. The first kappa shape index (κ1) is 19.6. The van der Waals surface area contributed by atoms with Gasteiger partial charge in [-0.05, 0) is 72.9 Å². The number of aromatic hydroxyl groups is 2. The fraction of sp³-hybridized carbons (Fsp3) is 0.318. The molecule has 0 saturated carbocycles. The van der Waals surface area contributed by atoms with Crippen molar-refractivity contribution in [3.8, 4) is 17.2 Å². The van der Waals surface area contributed by atoms with E-state index in [9.17, 15) is 15.0 Å². The molecule has 0 radical (unpaired) electrons. The van der Waals surface area contributed by atoms with E-state index in [1.54, 1.807) is 18.2 Å². The van der Waals surface area contributed by atoms with E-state index < -0.39 is 0 Å². The van der Waals surface area contributed by atoms with E-state index in [2.05, 4.69) is 0 Å². The first-order valence-corrected chi connectivity index (χ1v) is 9.03. The highest BCUT2D eigenvalue weighted by atomic mass is 16.5. The van der Waals surface area contributed by atoms with Crippen LogP contribution in [-0.2, 0) is 12.8 Å². The Morgan fingerprint density at radius 2 is 1.69 bits per heavy atom. The van der Waals surface area contributed by atoms with E-state index in [1.165, 1.54) is 18.2 Å². The number of ether oxygens (including phenoxy) is 1. The Morgan fingerprint density at radius 1 is 1.04 bits per heavy atom. The molecule has 0 heterocycles. The van der Waals surface area contributed by atoms with Gasteiger partial charge >= 0.3 is 0 Å². The number of aryl methyl sites for hydroxylation is 2. The second-order valence-electron chi connectivity index (χ2n) is 6.09. The molecule has 0 spiro atoms. The maximum atomic E-state index is 12.4. The van der Waals surface area contributed by atoms with Crippen LogP contribution in [0, 0.1) is 0 Å². The Morgan fingerprint density at radius 3 is 2.27 bits per heavy atom. The lowest BCUT2D eigenvalue weighted by molar-refractivity contribution is 0.104. The maximum Gasteiger partial charge on any atom is 0.185 e. The van der Waals surface area contributed by atoms with Crippen LogP contribution >= 0.6 is 0 Å². The van der Waals surface area contributed by atoms with Gasteiger partial charge in [-0.3, -0.25) is 4.79 Å². The van der Waals surface area contributed by atoms with Crippen LogP contribution in [-0.4, -0.2) is 22.6 Å². The van der Waals surface area contributed by atoms with E-state index in [1.807, 2.05) is 26.8 Å². The highest BCUT2D eigenvalue weighted by Gasteiger charge is 2.16. The smallest absolute Gasteiger partial charge is 0.185 e. The molecular formula is C22H26O4. The van der Waals surface area contributed by atoms with Crippen molar-refractivity contribution in [2.24, 2.45) is 0 Å². The predicted octanol–water partition coefficient (Wildman–Crippen LogP) is 4.91. The van der Waals surface area contributed by atoms with Crippen molar-refractivity contribution in [1.82, 2.24) is 0 Å². The molecule has 0 aliphatic carbocycles. The Hall–Kier alpha value is -2.75. The SMILES string of the molecule is CCCOc1c(CC)cc(CC)c(O)c1/C=C/C(=O)c1ccc(O)cc1. The third-order valence-corrected chi connectivity index (χ3v) is 4.21. The van der Waals surface area contributed by atoms with Crippen molar-refractivity contribution in [2.45, 2.75) is 40.0 Å².